The van der Waals surface area contributed by atoms with Crippen LogP contribution in [-0.2, 0) is 4.79 Å². The molecule has 0 rings (SSSR count). The molecule has 0 aromatic heterocycles. The van der Waals surface area contributed by atoms with Gasteiger partial charge in [0.25, 0.3) is 6.47 Å². The zero-order chi connectivity index (χ0) is 2.71. The second kappa shape index (κ2) is 154. The summed E-state index contributed by atoms with van der Waals surface area (Å²) in [4.78, 5) is 8.36. The van der Waals surface area contributed by atoms with E-state index >= 15 is 0 Å². The molecular weight excluding hydrogens is 481 g/mol. The number of carbonyl (C=O) groups is 1. The summed E-state index contributed by atoms with van der Waals surface area (Å²) in [6.45, 7) is -0.250. The van der Waals surface area contributed by atoms with Crippen LogP contribution in [0.4, 0.5) is 0 Å². The fourth-order valence-corrected chi connectivity index (χ4v) is 0. The molecule has 0 aliphatic carbocycles. The van der Waals surface area contributed by atoms with E-state index in [0.717, 1.165) is 0 Å². The molecule has 56 valence electrons. The minimum atomic E-state index is -0.250. The van der Waals surface area contributed by atoms with Crippen LogP contribution < -0.4 is 562 Å². The van der Waals surface area contributed by atoms with Crippen LogP contribution in [-0.4, -0.2) is 11.6 Å². The Labute approximate surface area is 586 Å². The molecule has 0 bridgehead atoms. The van der Waals surface area contributed by atoms with Crippen LogP contribution in [0.25, 0.3) is 0 Å². The number of hydrogen-bond donors (Lipinski definition) is 1. The van der Waals surface area contributed by atoms with E-state index in [1.54, 1.807) is 0 Å². The van der Waals surface area contributed by atoms with Gasteiger partial charge in [-0.15, -0.1) is 0 Å². The maximum Gasteiger partial charge on any atom is 1.00 e. The van der Waals surface area contributed by atoms with E-state index in [1.165, 1.54) is 0 Å². The van der Waals surface area contributed by atoms with Gasteiger partial charge in [0.15, 0.2) is 0 Å². The van der Waals surface area contributed by atoms with Crippen molar-refractivity contribution in [2.24, 2.45) is 0 Å². The van der Waals surface area contributed by atoms with Crippen LogP contribution in [0.1, 0.15) is 27.1 Å². The molecule has 0 heterocycles. The quantitative estimate of drug-likeness (QED) is 0.264. The summed E-state index contributed by atoms with van der Waals surface area (Å²) in [6.07, 6.45) is 0. The smallest absolute Gasteiger partial charge is 1.00 e. The molecule has 0 unspecified atom stereocenters. The summed E-state index contributed by atoms with van der Waals surface area (Å²) in [7, 11) is 0. The van der Waals surface area contributed by atoms with Gasteiger partial charge in [0.1, 0.15) is 0 Å². The van der Waals surface area contributed by atoms with E-state index in [4.69, 9.17) is 9.90 Å². The van der Waals surface area contributed by atoms with Gasteiger partial charge in [0.05, 0.1) is 0 Å². The van der Waals surface area contributed by atoms with Gasteiger partial charge in [-0.05, 0) is 0 Å². The van der Waals surface area contributed by atoms with Crippen LogP contribution >= 0.6 is 0 Å². The zero-order valence-corrected chi connectivity index (χ0v) is 58.4. The molecule has 1 N–H and O–H groups in total. The van der Waals surface area contributed by atoms with Gasteiger partial charge in [-0.25, -0.2) is 0 Å². The van der Waals surface area contributed by atoms with Crippen molar-refractivity contribution in [2.45, 2.75) is 0 Å². The molecule has 0 amide bonds. The van der Waals surface area contributed by atoms with Gasteiger partial charge < -0.3 is 32.2 Å². The van der Waals surface area contributed by atoms with Crippen molar-refractivity contribution < 1.29 is 599 Å². The predicted molar refractivity (Wildman–Crippen MR) is 29.8 cm³/mol. The molecule has 0 saturated carbocycles. The van der Waals surface area contributed by atoms with Crippen LogP contribution in [0, 0.1) is 0 Å². The van der Waals surface area contributed by atoms with E-state index in [-0.39, 0.29) is 595 Å². The van der Waals surface area contributed by atoms with E-state index in [0.29, 0.717) is 0 Å². The molecule has 0 aliphatic heterocycles. The minimum absolute atomic E-state index is 0. The van der Waals surface area contributed by atoms with E-state index < -0.39 is 0 Å². The Kier molecular flexibility index (Phi) is 1050. The van der Waals surface area contributed by atoms with Gasteiger partial charge in [-0.2, -0.15) is 0 Å². The summed E-state index contributed by atoms with van der Waals surface area (Å²) in [5.41, 5.74) is 0. The molecule has 0 saturated heterocycles. The van der Waals surface area contributed by atoms with Gasteiger partial charge in [-0.1, -0.05) is 0 Å². The Morgan fingerprint density at radius 2 is 0.364 bits per heavy atom. The number of rotatable bonds is 0. The van der Waals surface area contributed by atoms with Crippen molar-refractivity contribution >= 4 is 6.47 Å². The molecule has 0 atom stereocenters. The first-order valence-electron chi connectivity index (χ1n) is 0.494. The molecule has 0 aliphatic rings. The van der Waals surface area contributed by atoms with Crippen molar-refractivity contribution in [1.82, 2.24) is 0 Å². The molecule has 22 heavy (non-hydrogen) atoms. The topological polar surface area (TPSA) is 37.3 Å². The molecule has 0 spiro atoms. The average Bonchev–Trinajstić information content (AvgIpc) is 0.918. The summed E-state index contributed by atoms with van der Waals surface area (Å²) in [5.74, 6) is 0. The van der Waals surface area contributed by atoms with E-state index in [1.807, 2.05) is 0 Å². The summed E-state index contributed by atoms with van der Waals surface area (Å²) in [5, 5.41) is 6.89. The van der Waals surface area contributed by atoms with Crippen molar-refractivity contribution in [2.75, 3.05) is 0 Å². The first-order chi connectivity index (χ1) is 1.41. The van der Waals surface area contributed by atoms with Crippen molar-refractivity contribution in [3.63, 3.8) is 0 Å². The molecule has 21 heteroatoms. The molecule has 0 radical (unpaired) electrons. The van der Waals surface area contributed by atoms with E-state index in [2.05, 4.69) is 0 Å². The van der Waals surface area contributed by atoms with Crippen LogP contribution in [0.2, 0.25) is 0 Å². The Hall–Kier alpha value is 18.5. The molecule has 2 nitrogen and oxygen atoms in total. The predicted octanol–water partition coefficient (Wildman–Crippen LogP) is -55.1. The second-order valence-corrected chi connectivity index (χ2v) is 0.105. The van der Waals surface area contributed by atoms with E-state index in [9.17, 15) is 0 Å². The Bertz CT molecular complexity index is 63.7. The monoisotopic (exact) mass is 502 g/mol. The standard InChI is InChI=1S/CH2O2.19Na.19H/c2-1-3;;;;;;;;;;;;;;;;;;;;;;;;;;;;;;;;;;;;;;/h1H,(H,2,3);;;;;;;;;;;;;;;;;;;;;;;;;;;;;;;;;;;;;;/q;19*+1;19*-1. The summed E-state index contributed by atoms with van der Waals surface area (Å²) < 4.78 is 0. The average molecular weight is 502 g/mol. The maximum absolute atomic E-state index is 8.36. The largest absolute Gasteiger partial charge is 1.00 e. The normalized spacial score (nSPS) is 0.545. The third kappa shape index (κ3) is 158. The molecule has 0 aromatic rings. The maximum atomic E-state index is 8.36. The fraction of sp³-hybridized carbons (Fsp3) is 0. The number of carboxylic acid groups (broad SMARTS) is 1. The zero-order valence-electron chi connectivity index (χ0n) is 39.4. The third-order valence-corrected chi connectivity index (χ3v) is 0. The van der Waals surface area contributed by atoms with Crippen LogP contribution in [0.15, 0.2) is 0 Å². The minimum Gasteiger partial charge on any atom is -1.00 e. The van der Waals surface area contributed by atoms with Crippen molar-refractivity contribution in [3.05, 3.63) is 0 Å². The summed E-state index contributed by atoms with van der Waals surface area (Å²) >= 11 is 0. The van der Waals surface area contributed by atoms with Crippen LogP contribution in [0.3, 0.4) is 0 Å². The van der Waals surface area contributed by atoms with Gasteiger partial charge in [0.2, 0.25) is 0 Å². The Balaban J connectivity index is -0.0000000000284. The van der Waals surface area contributed by atoms with Crippen molar-refractivity contribution in [1.29, 1.82) is 0 Å². The molecule has 0 aromatic carbocycles. The fourth-order valence-electron chi connectivity index (χ4n) is 0. The SMILES string of the molecule is O=CO.[H-].[H-].[H-].[H-].[H-].[H-].[H-].[H-].[H-].[H-].[H-].[H-].[H-].[H-].[H-].[H-].[H-].[H-].[H-].[Na+].[Na+].[Na+].[Na+].[Na+].[Na+].[Na+].[Na+].[Na+].[Na+].[Na+].[Na+].[Na+].[Na+].[Na+].[Na+].[Na+].[Na+].[Na+]. The molecular formula is CH21Na19O2. The van der Waals surface area contributed by atoms with Gasteiger partial charge in [-0.3, -0.25) is 4.79 Å². The third-order valence-electron chi connectivity index (χ3n) is 0. The first-order valence-corrected chi connectivity index (χ1v) is 0.494. The second-order valence-electron chi connectivity index (χ2n) is 0.105. The first kappa shape index (κ1) is 150. The summed E-state index contributed by atoms with van der Waals surface area (Å²) in [6, 6.07) is 0. The van der Waals surface area contributed by atoms with Gasteiger partial charge in [0, 0.05) is 0 Å². The molecule has 0 fully saturated rings. The van der Waals surface area contributed by atoms with Gasteiger partial charge >= 0.3 is 562 Å². The number of hydrogen-bond acceptors (Lipinski definition) is 1. The Morgan fingerprint density at radius 3 is 0.364 bits per heavy atom. The Morgan fingerprint density at radius 1 is 0.364 bits per heavy atom. The van der Waals surface area contributed by atoms with Crippen LogP contribution in [0.5, 0.6) is 0 Å². The van der Waals surface area contributed by atoms with Crippen molar-refractivity contribution in [3.8, 4) is 0 Å².